The molecular weight excluding hydrogens is 553 g/mol. The second kappa shape index (κ2) is 5.71. The van der Waals surface area contributed by atoms with E-state index in [1.165, 1.54) is 6.08 Å². The normalized spacial score (nSPS) is 10.9. The van der Waals surface area contributed by atoms with E-state index >= 15 is 0 Å². The number of hydrogen-bond acceptors (Lipinski definition) is 3. The van der Waals surface area contributed by atoms with Crippen LogP contribution in [0.4, 0.5) is 0 Å². The fraction of sp³-hybridized carbons (Fsp3) is 0. The fourth-order valence-electron chi connectivity index (χ4n) is 0.957. The summed E-state index contributed by atoms with van der Waals surface area (Å²) in [6, 6.07) is 0. The molecular formula is C9H5I3O4. The minimum absolute atomic E-state index is 0.0378. The highest BCUT2D eigenvalue weighted by Gasteiger charge is 2.17. The molecule has 0 aromatic heterocycles. The monoisotopic (exact) mass is 558 g/mol. The van der Waals surface area contributed by atoms with Crippen molar-refractivity contribution < 1.29 is 20.1 Å². The number of carboxylic acid groups (broad SMARTS) is 1. The Labute approximate surface area is 132 Å². The molecule has 0 aliphatic rings. The number of aromatic hydroxyl groups is 2. The Morgan fingerprint density at radius 3 is 1.81 bits per heavy atom. The van der Waals surface area contributed by atoms with Crippen molar-refractivity contribution in [3.63, 3.8) is 0 Å². The molecule has 0 amide bonds. The maximum Gasteiger partial charge on any atom is 0.328 e. The lowest BCUT2D eigenvalue weighted by Gasteiger charge is -2.10. The number of carbonyl (C=O) groups is 1. The number of phenolic OH excluding ortho intramolecular Hbond substituents is 2. The third-order valence-corrected chi connectivity index (χ3v) is 4.90. The highest BCUT2D eigenvalue weighted by Crippen LogP contribution is 2.40. The van der Waals surface area contributed by atoms with Crippen LogP contribution in [0, 0.1) is 10.7 Å². The molecule has 1 rings (SSSR count). The molecule has 3 N–H and O–H groups in total. The molecule has 4 nitrogen and oxygen atoms in total. The van der Waals surface area contributed by atoms with Crippen LogP contribution in [0.15, 0.2) is 6.08 Å². The zero-order chi connectivity index (χ0) is 12.5. The second-order valence-electron chi connectivity index (χ2n) is 2.72. The lowest BCUT2D eigenvalue weighted by molar-refractivity contribution is -0.131. The smallest absolute Gasteiger partial charge is 0.328 e. The molecule has 0 saturated heterocycles. The third-order valence-electron chi connectivity index (χ3n) is 1.70. The van der Waals surface area contributed by atoms with Gasteiger partial charge in [-0.05, 0) is 73.8 Å². The van der Waals surface area contributed by atoms with Crippen LogP contribution in [0.3, 0.4) is 0 Å². The third kappa shape index (κ3) is 2.91. The van der Waals surface area contributed by atoms with Crippen LogP contribution in [0.5, 0.6) is 11.5 Å². The zero-order valence-corrected chi connectivity index (χ0v) is 14.0. The van der Waals surface area contributed by atoms with E-state index in [-0.39, 0.29) is 11.5 Å². The highest BCUT2D eigenvalue weighted by atomic mass is 127. The Morgan fingerprint density at radius 1 is 1.00 bits per heavy atom. The summed E-state index contributed by atoms with van der Waals surface area (Å²) >= 11 is 5.64. The van der Waals surface area contributed by atoms with Gasteiger partial charge in [-0.2, -0.15) is 0 Å². The Hall–Kier alpha value is 0.220. The molecule has 0 aliphatic heterocycles. The molecule has 0 spiro atoms. The number of carboxylic acids is 1. The summed E-state index contributed by atoms with van der Waals surface area (Å²) < 4.78 is 1.39. The van der Waals surface area contributed by atoms with Crippen molar-refractivity contribution in [2.75, 3.05) is 0 Å². The molecule has 7 heteroatoms. The summed E-state index contributed by atoms with van der Waals surface area (Å²) in [5.74, 6) is -1.16. The van der Waals surface area contributed by atoms with Crippen molar-refractivity contribution in [2.24, 2.45) is 0 Å². The maximum atomic E-state index is 10.4. The van der Waals surface area contributed by atoms with Gasteiger partial charge in [0.1, 0.15) is 11.5 Å². The van der Waals surface area contributed by atoms with Crippen LogP contribution in [-0.2, 0) is 4.79 Å². The molecule has 0 aliphatic carbocycles. The molecule has 0 bridgehead atoms. The fourth-order valence-corrected chi connectivity index (χ4v) is 4.48. The topological polar surface area (TPSA) is 77.8 Å². The minimum Gasteiger partial charge on any atom is -0.506 e. The molecule has 0 radical (unpaired) electrons. The van der Waals surface area contributed by atoms with Gasteiger partial charge in [-0.15, -0.1) is 0 Å². The zero-order valence-electron chi connectivity index (χ0n) is 7.54. The van der Waals surface area contributed by atoms with E-state index in [9.17, 15) is 15.0 Å². The number of aliphatic carboxylic acids is 1. The predicted molar refractivity (Wildman–Crippen MR) is 84.6 cm³/mol. The van der Waals surface area contributed by atoms with E-state index in [0.29, 0.717) is 16.3 Å². The van der Waals surface area contributed by atoms with Crippen molar-refractivity contribution in [2.45, 2.75) is 0 Å². The summed E-state index contributed by atoms with van der Waals surface area (Å²) in [6.07, 6.45) is 2.31. The average Bonchev–Trinajstić information content (AvgIpc) is 2.23. The van der Waals surface area contributed by atoms with Gasteiger partial charge in [0.15, 0.2) is 0 Å². The Morgan fingerprint density at radius 2 is 1.44 bits per heavy atom. The van der Waals surface area contributed by atoms with E-state index in [1.54, 1.807) is 0 Å². The van der Waals surface area contributed by atoms with Gasteiger partial charge in [0.25, 0.3) is 0 Å². The summed E-state index contributed by atoms with van der Waals surface area (Å²) in [5, 5.41) is 27.9. The standard InChI is InChI=1S/C9H5I3O4/c10-5-3(1-2-4(13)14)6(11)9(16)7(12)8(5)15/h1-2,15-16H,(H,13,14)/b2-1+. The molecule has 1 aromatic rings. The van der Waals surface area contributed by atoms with Gasteiger partial charge >= 0.3 is 5.97 Å². The number of hydrogen-bond donors (Lipinski definition) is 3. The lowest BCUT2D eigenvalue weighted by atomic mass is 10.2. The summed E-state index contributed by atoms with van der Waals surface area (Å²) in [7, 11) is 0. The molecule has 86 valence electrons. The lowest BCUT2D eigenvalue weighted by Crippen LogP contribution is -1.93. The summed E-state index contributed by atoms with van der Waals surface area (Å²) in [4.78, 5) is 10.4. The molecule has 0 saturated carbocycles. The van der Waals surface area contributed by atoms with Gasteiger partial charge in [0.2, 0.25) is 0 Å². The number of phenols is 2. The van der Waals surface area contributed by atoms with E-state index in [2.05, 4.69) is 0 Å². The first-order valence-corrected chi connectivity index (χ1v) is 7.09. The summed E-state index contributed by atoms with van der Waals surface area (Å²) in [6.45, 7) is 0. The van der Waals surface area contributed by atoms with Crippen molar-refractivity contribution in [3.8, 4) is 11.5 Å². The van der Waals surface area contributed by atoms with Crippen molar-refractivity contribution in [1.82, 2.24) is 0 Å². The van der Waals surface area contributed by atoms with Crippen molar-refractivity contribution in [3.05, 3.63) is 22.4 Å². The number of halogens is 3. The molecule has 0 heterocycles. The van der Waals surface area contributed by atoms with Gasteiger partial charge in [-0.3, -0.25) is 0 Å². The SMILES string of the molecule is O=C(O)/C=C/c1c(I)c(O)c(I)c(O)c1I. The first-order chi connectivity index (χ1) is 7.36. The second-order valence-corrected chi connectivity index (χ2v) is 5.96. The maximum absolute atomic E-state index is 10.4. The van der Waals surface area contributed by atoms with Crippen LogP contribution in [0.25, 0.3) is 6.08 Å². The van der Waals surface area contributed by atoms with E-state index < -0.39 is 5.97 Å². The van der Waals surface area contributed by atoms with E-state index in [1.807, 2.05) is 67.8 Å². The van der Waals surface area contributed by atoms with Gasteiger partial charge in [0, 0.05) is 11.6 Å². The first kappa shape index (κ1) is 14.3. The molecule has 0 unspecified atom stereocenters. The molecule has 0 fully saturated rings. The van der Waals surface area contributed by atoms with Gasteiger partial charge < -0.3 is 15.3 Å². The van der Waals surface area contributed by atoms with E-state index in [0.717, 1.165) is 6.08 Å². The van der Waals surface area contributed by atoms with Gasteiger partial charge in [0.05, 0.1) is 10.7 Å². The Bertz CT molecular complexity index is 453. The van der Waals surface area contributed by atoms with Gasteiger partial charge in [-0.1, -0.05) is 0 Å². The highest BCUT2D eigenvalue weighted by molar-refractivity contribution is 14.1. The van der Waals surface area contributed by atoms with Crippen molar-refractivity contribution in [1.29, 1.82) is 0 Å². The van der Waals surface area contributed by atoms with Crippen LogP contribution < -0.4 is 0 Å². The Balaban J connectivity index is 3.45. The molecule has 1 aromatic carbocycles. The molecule has 0 atom stereocenters. The quantitative estimate of drug-likeness (QED) is 0.386. The van der Waals surface area contributed by atoms with Crippen LogP contribution in [-0.4, -0.2) is 21.3 Å². The predicted octanol–water partition coefficient (Wildman–Crippen LogP) is 3.01. The minimum atomic E-state index is -1.08. The van der Waals surface area contributed by atoms with Gasteiger partial charge in [-0.25, -0.2) is 4.79 Å². The summed E-state index contributed by atoms with van der Waals surface area (Å²) in [5.41, 5.74) is 0.499. The van der Waals surface area contributed by atoms with Crippen LogP contribution >= 0.6 is 67.8 Å². The Kier molecular flexibility index (Phi) is 5.10. The van der Waals surface area contributed by atoms with Crippen molar-refractivity contribution >= 4 is 79.8 Å². The largest absolute Gasteiger partial charge is 0.506 e. The number of rotatable bonds is 2. The van der Waals surface area contributed by atoms with E-state index in [4.69, 9.17) is 5.11 Å². The van der Waals surface area contributed by atoms with Crippen LogP contribution in [0.2, 0.25) is 0 Å². The van der Waals surface area contributed by atoms with Crippen LogP contribution in [0.1, 0.15) is 5.56 Å². The first-order valence-electron chi connectivity index (χ1n) is 3.85. The molecule has 16 heavy (non-hydrogen) atoms. The average molecular weight is 558 g/mol. The number of benzene rings is 1.